The zero-order valence-corrected chi connectivity index (χ0v) is 13.0. The Morgan fingerprint density at radius 1 is 1.16 bits per heavy atom. The molecule has 0 amide bonds. The number of nitrogens with zero attached hydrogens (tertiary/aromatic N) is 2. The van der Waals surface area contributed by atoms with E-state index in [1.54, 1.807) is 7.11 Å². The Kier molecular flexibility index (Phi) is 5.63. The van der Waals surface area contributed by atoms with Gasteiger partial charge in [0, 0.05) is 44.8 Å². The standard InChI is InChI=1S/C15H30N2O2/c1-5-19-15-8-9-16(2)10-13(15)14-7-6-12(11-18-4)17(14)3/h12-15H,5-11H2,1-4H3/t12-,13?,14?,15?/m0/s1. The lowest BCUT2D eigenvalue weighted by molar-refractivity contribution is -0.0507. The molecule has 0 bridgehead atoms. The maximum Gasteiger partial charge on any atom is 0.0642 e. The highest BCUT2D eigenvalue weighted by Crippen LogP contribution is 2.33. The van der Waals surface area contributed by atoms with Gasteiger partial charge in [0.15, 0.2) is 0 Å². The molecule has 0 aromatic heterocycles. The van der Waals surface area contributed by atoms with Crippen LogP contribution in [-0.2, 0) is 9.47 Å². The fraction of sp³-hybridized carbons (Fsp3) is 1.00. The molecule has 2 aliphatic heterocycles. The van der Waals surface area contributed by atoms with Gasteiger partial charge in [-0.05, 0) is 40.3 Å². The average Bonchev–Trinajstić information content (AvgIpc) is 2.74. The summed E-state index contributed by atoms with van der Waals surface area (Å²) in [6, 6.07) is 1.24. The minimum absolute atomic E-state index is 0.440. The van der Waals surface area contributed by atoms with Crippen molar-refractivity contribution < 1.29 is 9.47 Å². The molecule has 4 nitrogen and oxygen atoms in total. The highest BCUT2D eigenvalue weighted by molar-refractivity contribution is 4.95. The summed E-state index contributed by atoms with van der Waals surface area (Å²) >= 11 is 0. The third-order valence-electron chi connectivity index (χ3n) is 4.92. The summed E-state index contributed by atoms with van der Waals surface area (Å²) in [4.78, 5) is 5.00. The maximum absolute atomic E-state index is 6.02. The predicted molar refractivity (Wildman–Crippen MR) is 77.5 cm³/mol. The first kappa shape index (κ1) is 15.2. The van der Waals surface area contributed by atoms with E-state index in [2.05, 4.69) is 30.8 Å². The van der Waals surface area contributed by atoms with E-state index in [-0.39, 0.29) is 0 Å². The Morgan fingerprint density at radius 2 is 1.95 bits per heavy atom. The van der Waals surface area contributed by atoms with Gasteiger partial charge in [-0.3, -0.25) is 4.90 Å². The molecular weight excluding hydrogens is 240 g/mol. The van der Waals surface area contributed by atoms with Crippen molar-refractivity contribution in [1.29, 1.82) is 0 Å². The molecule has 4 atom stereocenters. The lowest BCUT2D eigenvalue weighted by Crippen LogP contribution is -2.51. The summed E-state index contributed by atoms with van der Waals surface area (Å²) in [5.41, 5.74) is 0. The molecule has 0 spiro atoms. The van der Waals surface area contributed by atoms with Gasteiger partial charge in [0.2, 0.25) is 0 Å². The van der Waals surface area contributed by atoms with Crippen LogP contribution in [-0.4, -0.2) is 75.5 Å². The molecule has 4 heteroatoms. The third kappa shape index (κ3) is 3.48. The topological polar surface area (TPSA) is 24.9 Å². The molecule has 2 saturated heterocycles. The Labute approximate surface area is 118 Å². The Bertz CT molecular complexity index is 275. The van der Waals surface area contributed by atoms with Gasteiger partial charge in [0.1, 0.15) is 0 Å². The minimum atomic E-state index is 0.440. The summed E-state index contributed by atoms with van der Waals surface area (Å²) in [6.07, 6.45) is 4.16. The first-order chi connectivity index (χ1) is 9.17. The van der Waals surface area contributed by atoms with E-state index in [0.717, 1.165) is 13.2 Å². The van der Waals surface area contributed by atoms with Gasteiger partial charge in [-0.15, -0.1) is 0 Å². The second-order valence-electron chi connectivity index (χ2n) is 6.13. The van der Waals surface area contributed by atoms with Crippen LogP contribution in [0.1, 0.15) is 26.2 Å². The van der Waals surface area contributed by atoms with Crippen LogP contribution in [0.3, 0.4) is 0 Å². The second kappa shape index (κ2) is 7.02. The monoisotopic (exact) mass is 270 g/mol. The van der Waals surface area contributed by atoms with E-state index in [9.17, 15) is 0 Å². The van der Waals surface area contributed by atoms with Crippen molar-refractivity contribution in [2.75, 3.05) is 47.5 Å². The molecule has 0 N–H and O–H groups in total. The normalized spacial score (nSPS) is 37.9. The van der Waals surface area contributed by atoms with Crippen molar-refractivity contribution in [1.82, 2.24) is 9.80 Å². The Morgan fingerprint density at radius 3 is 2.63 bits per heavy atom. The van der Waals surface area contributed by atoms with Crippen molar-refractivity contribution in [3.05, 3.63) is 0 Å². The molecule has 19 heavy (non-hydrogen) atoms. The Hall–Kier alpha value is -0.160. The summed E-state index contributed by atoms with van der Waals surface area (Å²) in [7, 11) is 6.30. The van der Waals surface area contributed by atoms with Crippen LogP contribution in [0.4, 0.5) is 0 Å². The number of methoxy groups -OCH3 is 1. The number of rotatable bonds is 5. The summed E-state index contributed by atoms with van der Waals surface area (Å²) in [5.74, 6) is 0.644. The molecule has 2 aliphatic rings. The summed E-state index contributed by atoms with van der Waals surface area (Å²) in [5, 5.41) is 0. The zero-order valence-electron chi connectivity index (χ0n) is 13.0. The molecule has 112 valence electrons. The largest absolute Gasteiger partial charge is 0.383 e. The Balaban J connectivity index is 2.01. The maximum atomic E-state index is 6.02. The fourth-order valence-electron chi connectivity index (χ4n) is 3.87. The van der Waals surface area contributed by atoms with Gasteiger partial charge >= 0.3 is 0 Å². The first-order valence-electron chi connectivity index (χ1n) is 7.68. The number of hydrogen-bond donors (Lipinski definition) is 0. The smallest absolute Gasteiger partial charge is 0.0642 e. The highest BCUT2D eigenvalue weighted by Gasteiger charge is 2.41. The van der Waals surface area contributed by atoms with E-state index < -0.39 is 0 Å². The first-order valence-corrected chi connectivity index (χ1v) is 7.68. The zero-order chi connectivity index (χ0) is 13.8. The lowest BCUT2D eigenvalue weighted by Gasteiger charge is -2.42. The molecule has 0 aromatic rings. The van der Waals surface area contributed by atoms with Gasteiger partial charge in [0.25, 0.3) is 0 Å². The third-order valence-corrected chi connectivity index (χ3v) is 4.92. The number of ether oxygens (including phenoxy) is 2. The van der Waals surface area contributed by atoms with Crippen LogP contribution in [0.25, 0.3) is 0 Å². The van der Waals surface area contributed by atoms with Crippen LogP contribution in [0.5, 0.6) is 0 Å². The van der Waals surface area contributed by atoms with E-state index >= 15 is 0 Å². The van der Waals surface area contributed by atoms with Crippen LogP contribution in [0, 0.1) is 5.92 Å². The number of likely N-dealkylation sites (tertiary alicyclic amines) is 2. The van der Waals surface area contributed by atoms with E-state index in [4.69, 9.17) is 9.47 Å². The average molecular weight is 270 g/mol. The molecule has 0 aliphatic carbocycles. The van der Waals surface area contributed by atoms with Crippen molar-refractivity contribution in [3.63, 3.8) is 0 Å². The van der Waals surface area contributed by atoms with E-state index in [1.165, 1.54) is 32.4 Å². The van der Waals surface area contributed by atoms with E-state index in [0.29, 0.717) is 24.1 Å². The van der Waals surface area contributed by atoms with Gasteiger partial charge in [0.05, 0.1) is 12.7 Å². The van der Waals surface area contributed by atoms with Gasteiger partial charge in [-0.1, -0.05) is 0 Å². The fourth-order valence-corrected chi connectivity index (χ4v) is 3.87. The SMILES string of the molecule is CCOC1CCN(C)CC1C1CC[C@@H](COC)N1C. The van der Waals surface area contributed by atoms with Crippen molar-refractivity contribution in [3.8, 4) is 0 Å². The molecule has 0 aromatic carbocycles. The van der Waals surface area contributed by atoms with Crippen LogP contribution < -0.4 is 0 Å². The van der Waals surface area contributed by atoms with Crippen molar-refractivity contribution >= 4 is 0 Å². The number of piperidine rings is 1. The second-order valence-corrected chi connectivity index (χ2v) is 6.13. The van der Waals surface area contributed by atoms with Crippen molar-refractivity contribution in [2.24, 2.45) is 5.92 Å². The lowest BCUT2D eigenvalue weighted by atomic mass is 9.86. The number of likely N-dealkylation sites (N-methyl/N-ethyl adjacent to an activating group) is 1. The van der Waals surface area contributed by atoms with Gasteiger partial charge < -0.3 is 14.4 Å². The van der Waals surface area contributed by atoms with Crippen molar-refractivity contribution in [2.45, 2.75) is 44.4 Å². The predicted octanol–water partition coefficient (Wildman–Crippen LogP) is 1.45. The minimum Gasteiger partial charge on any atom is -0.383 e. The highest BCUT2D eigenvalue weighted by atomic mass is 16.5. The van der Waals surface area contributed by atoms with Gasteiger partial charge in [-0.2, -0.15) is 0 Å². The van der Waals surface area contributed by atoms with Crippen LogP contribution >= 0.6 is 0 Å². The molecule has 0 saturated carbocycles. The molecule has 2 heterocycles. The molecule has 2 rings (SSSR count). The molecule has 3 unspecified atom stereocenters. The summed E-state index contributed by atoms with van der Waals surface area (Å²) in [6.45, 7) is 6.14. The quantitative estimate of drug-likeness (QED) is 0.755. The van der Waals surface area contributed by atoms with Gasteiger partial charge in [-0.25, -0.2) is 0 Å². The van der Waals surface area contributed by atoms with E-state index in [1.807, 2.05) is 0 Å². The molecular formula is C15H30N2O2. The molecule has 2 fully saturated rings. The van der Waals surface area contributed by atoms with Crippen LogP contribution in [0.15, 0.2) is 0 Å². The summed E-state index contributed by atoms with van der Waals surface area (Å²) < 4.78 is 11.4. The van der Waals surface area contributed by atoms with Crippen LogP contribution in [0.2, 0.25) is 0 Å². The molecule has 0 radical (unpaired) electrons. The number of hydrogen-bond acceptors (Lipinski definition) is 4.